The fraction of sp³-hybridized carbons (Fsp3) is 0.133. The molecule has 2 rings (SSSR count). The van der Waals surface area contributed by atoms with Crippen LogP contribution in [-0.2, 0) is 10.5 Å². The Morgan fingerprint density at radius 3 is 2.15 bits per heavy atom. The number of carbonyl (C=O) groups excluding carboxylic acids is 1. The van der Waals surface area contributed by atoms with Crippen LogP contribution in [0, 0.1) is 5.82 Å². The number of carbonyl (C=O) groups is 1. The Morgan fingerprint density at radius 2 is 1.60 bits per heavy atom. The van der Waals surface area contributed by atoms with E-state index in [1.54, 1.807) is 12.1 Å². The molecule has 0 saturated heterocycles. The van der Waals surface area contributed by atoms with Crippen LogP contribution in [0.25, 0.3) is 0 Å². The van der Waals surface area contributed by atoms with Crippen molar-refractivity contribution in [3.63, 3.8) is 0 Å². The second-order valence-electron chi connectivity index (χ2n) is 4.16. The maximum Gasteiger partial charge on any atom is 0.227 e. The van der Waals surface area contributed by atoms with Gasteiger partial charge >= 0.3 is 0 Å². The van der Waals surface area contributed by atoms with Crippen molar-refractivity contribution in [2.75, 3.05) is 5.75 Å². The Labute approximate surface area is 120 Å². The SMILES string of the molecule is NC(=O)CSCc1ccc(Oc2ccc(F)cc2)cc1. The minimum absolute atomic E-state index is 0.292. The first-order valence-corrected chi connectivity index (χ1v) is 7.17. The molecule has 0 unspecified atom stereocenters. The van der Waals surface area contributed by atoms with Crippen molar-refractivity contribution >= 4 is 17.7 Å². The average Bonchev–Trinajstić information content (AvgIpc) is 2.43. The normalized spacial score (nSPS) is 10.2. The van der Waals surface area contributed by atoms with Crippen molar-refractivity contribution in [1.29, 1.82) is 0 Å². The molecule has 0 heterocycles. The largest absolute Gasteiger partial charge is 0.457 e. The van der Waals surface area contributed by atoms with E-state index in [2.05, 4.69) is 0 Å². The molecule has 0 saturated carbocycles. The zero-order valence-corrected chi connectivity index (χ0v) is 11.5. The summed E-state index contributed by atoms with van der Waals surface area (Å²) < 4.78 is 18.3. The van der Waals surface area contributed by atoms with Crippen LogP contribution < -0.4 is 10.5 Å². The highest BCUT2D eigenvalue weighted by atomic mass is 32.2. The van der Waals surface area contributed by atoms with Crippen molar-refractivity contribution in [3.05, 3.63) is 59.9 Å². The number of ether oxygens (including phenoxy) is 1. The van der Waals surface area contributed by atoms with Gasteiger partial charge in [0.25, 0.3) is 0 Å². The third kappa shape index (κ3) is 4.59. The average molecular weight is 291 g/mol. The summed E-state index contributed by atoms with van der Waals surface area (Å²) in [6.45, 7) is 0. The summed E-state index contributed by atoms with van der Waals surface area (Å²) in [5.74, 6) is 1.70. The number of thioether (sulfide) groups is 1. The molecular weight excluding hydrogens is 277 g/mol. The first kappa shape index (κ1) is 14.4. The highest BCUT2D eigenvalue weighted by Crippen LogP contribution is 2.23. The molecule has 0 bridgehead atoms. The third-order valence-electron chi connectivity index (χ3n) is 2.49. The summed E-state index contributed by atoms with van der Waals surface area (Å²) in [4.78, 5) is 10.6. The lowest BCUT2D eigenvalue weighted by molar-refractivity contribution is -0.115. The molecule has 2 N–H and O–H groups in total. The van der Waals surface area contributed by atoms with Gasteiger partial charge in [0.1, 0.15) is 17.3 Å². The summed E-state index contributed by atoms with van der Waals surface area (Å²) in [6.07, 6.45) is 0. The molecule has 0 aliphatic rings. The molecule has 0 atom stereocenters. The predicted octanol–water partition coefficient (Wildman–Crippen LogP) is 3.34. The van der Waals surface area contributed by atoms with E-state index in [-0.39, 0.29) is 11.7 Å². The number of amides is 1. The highest BCUT2D eigenvalue weighted by Gasteiger charge is 2.00. The van der Waals surface area contributed by atoms with E-state index in [9.17, 15) is 9.18 Å². The van der Waals surface area contributed by atoms with Crippen molar-refractivity contribution in [3.8, 4) is 11.5 Å². The summed E-state index contributed by atoms with van der Waals surface area (Å²) in [6, 6.07) is 13.4. The molecule has 2 aromatic carbocycles. The van der Waals surface area contributed by atoms with Crippen LogP contribution in [0.2, 0.25) is 0 Å². The number of benzene rings is 2. The molecule has 0 fully saturated rings. The fourth-order valence-electron chi connectivity index (χ4n) is 1.56. The quantitative estimate of drug-likeness (QED) is 0.888. The predicted molar refractivity (Wildman–Crippen MR) is 78.3 cm³/mol. The number of primary amides is 1. The lowest BCUT2D eigenvalue weighted by atomic mass is 10.2. The van der Waals surface area contributed by atoms with E-state index in [0.29, 0.717) is 17.3 Å². The maximum atomic E-state index is 12.8. The Balaban J connectivity index is 1.91. The summed E-state index contributed by atoms with van der Waals surface area (Å²) in [7, 11) is 0. The molecule has 0 radical (unpaired) electrons. The van der Waals surface area contributed by atoms with Gasteiger partial charge in [-0.3, -0.25) is 4.79 Å². The van der Waals surface area contributed by atoms with Gasteiger partial charge in [-0.25, -0.2) is 4.39 Å². The van der Waals surface area contributed by atoms with Crippen molar-refractivity contribution < 1.29 is 13.9 Å². The summed E-state index contributed by atoms with van der Waals surface area (Å²) in [5, 5.41) is 0. The van der Waals surface area contributed by atoms with Crippen LogP contribution >= 0.6 is 11.8 Å². The van der Waals surface area contributed by atoms with Gasteiger partial charge in [0, 0.05) is 5.75 Å². The molecule has 1 amide bonds. The molecule has 0 spiro atoms. The Kier molecular flexibility index (Phi) is 5.01. The first-order chi connectivity index (χ1) is 9.63. The molecule has 2 aromatic rings. The lowest BCUT2D eigenvalue weighted by Crippen LogP contribution is -2.13. The molecule has 20 heavy (non-hydrogen) atoms. The smallest absolute Gasteiger partial charge is 0.227 e. The van der Waals surface area contributed by atoms with Crippen molar-refractivity contribution in [1.82, 2.24) is 0 Å². The van der Waals surface area contributed by atoms with Crippen molar-refractivity contribution in [2.24, 2.45) is 5.73 Å². The highest BCUT2D eigenvalue weighted by molar-refractivity contribution is 7.99. The van der Waals surface area contributed by atoms with Crippen LogP contribution in [0.3, 0.4) is 0 Å². The van der Waals surface area contributed by atoms with Crippen molar-refractivity contribution in [2.45, 2.75) is 5.75 Å². The van der Waals surface area contributed by atoms with E-state index >= 15 is 0 Å². The zero-order chi connectivity index (χ0) is 14.4. The zero-order valence-electron chi connectivity index (χ0n) is 10.7. The van der Waals surface area contributed by atoms with Crippen LogP contribution in [0.15, 0.2) is 48.5 Å². The van der Waals surface area contributed by atoms with E-state index in [1.807, 2.05) is 24.3 Å². The molecule has 104 valence electrons. The van der Waals surface area contributed by atoms with E-state index < -0.39 is 0 Å². The van der Waals surface area contributed by atoms with Gasteiger partial charge in [-0.15, -0.1) is 11.8 Å². The Bertz CT molecular complexity index is 569. The number of nitrogens with two attached hydrogens (primary N) is 1. The van der Waals surface area contributed by atoms with Gasteiger partial charge < -0.3 is 10.5 Å². The third-order valence-corrected chi connectivity index (χ3v) is 3.51. The van der Waals surface area contributed by atoms with Gasteiger partial charge in [-0.2, -0.15) is 0 Å². The molecule has 0 aromatic heterocycles. The molecule has 5 heteroatoms. The maximum absolute atomic E-state index is 12.8. The van der Waals surface area contributed by atoms with Gasteiger partial charge in [0.2, 0.25) is 5.91 Å². The Morgan fingerprint density at radius 1 is 1.05 bits per heavy atom. The summed E-state index contributed by atoms with van der Waals surface area (Å²) in [5.41, 5.74) is 6.16. The van der Waals surface area contributed by atoms with Crippen LogP contribution in [0.4, 0.5) is 4.39 Å². The number of rotatable bonds is 6. The number of hydrogen-bond acceptors (Lipinski definition) is 3. The molecule has 0 aliphatic carbocycles. The lowest BCUT2D eigenvalue weighted by Gasteiger charge is -2.06. The van der Waals surface area contributed by atoms with E-state index in [1.165, 1.54) is 23.9 Å². The Hall–Kier alpha value is -2.01. The molecule has 0 aliphatic heterocycles. The van der Waals surface area contributed by atoms with Gasteiger partial charge in [-0.1, -0.05) is 12.1 Å². The minimum Gasteiger partial charge on any atom is -0.457 e. The van der Waals surface area contributed by atoms with Gasteiger partial charge in [0.05, 0.1) is 5.75 Å². The van der Waals surface area contributed by atoms with E-state index in [0.717, 1.165) is 11.3 Å². The van der Waals surface area contributed by atoms with Gasteiger partial charge in [-0.05, 0) is 42.0 Å². The van der Waals surface area contributed by atoms with Gasteiger partial charge in [0.15, 0.2) is 0 Å². The number of hydrogen-bond donors (Lipinski definition) is 1. The number of halogens is 1. The first-order valence-electron chi connectivity index (χ1n) is 6.02. The topological polar surface area (TPSA) is 52.3 Å². The molecule has 3 nitrogen and oxygen atoms in total. The van der Waals surface area contributed by atoms with Crippen LogP contribution in [0.1, 0.15) is 5.56 Å². The fourth-order valence-corrected chi connectivity index (χ4v) is 2.29. The summed E-state index contributed by atoms with van der Waals surface area (Å²) >= 11 is 1.47. The van der Waals surface area contributed by atoms with Crippen LogP contribution in [-0.4, -0.2) is 11.7 Å². The second-order valence-corrected chi connectivity index (χ2v) is 5.14. The van der Waals surface area contributed by atoms with E-state index in [4.69, 9.17) is 10.5 Å². The minimum atomic E-state index is -0.314. The van der Waals surface area contributed by atoms with Crippen LogP contribution in [0.5, 0.6) is 11.5 Å². The monoisotopic (exact) mass is 291 g/mol. The standard InChI is InChI=1S/C15H14FNO2S/c16-12-3-7-14(8-4-12)19-13-5-1-11(2-6-13)9-20-10-15(17)18/h1-8H,9-10H2,(H2,17,18). The molecular formula is C15H14FNO2S. The second kappa shape index (κ2) is 6.96.